The maximum absolute atomic E-state index is 12.0. The molecule has 1 atom stereocenters. The van der Waals surface area contributed by atoms with E-state index in [1.165, 1.54) is 11.1 Å². The Morgan fingerprint density at radius 2 is 2.30 bits per heavy atom. The number of amides is 1. The molecule has 1 unspecified atom stereocenters. The van der Waals surface area contributed by atoms with Gasteiger partial charge in [-0.15, -0.1) is 0 Å². The minimum absolute atomic E-state index is 0.117. The smallest absolute Gasteiger partial charge is 0.271 e. The summed E-state index contributed by atoms with van der Waals surface area (Å²) in [5.41, 5.74) is 3.10. The average molecular weight is 270 g/mol. The summed E-state index contributed by atoms with van der Waals surface area (Å²) in [6.45, 7) is 2.42. The minimum atomic E-state index is -0.117. The maximum atomic E-state index is 12.0. The number of nitrogens with one attached hydrogen (secondary N) is 2. The SMILES string of the molecule is Cn1ccc(C(=O)NCC2CNCc3ccccc32)n1. The second-order valence-corrected chi connectivity index (χ2v) is 5.11. The van der Waals surface area contributed by atoms with Crippen molar-refractivity contribution in [2.24, 2.45) is 7.05 Å². The fourth-order valence-corrected chi connectivity index (χ4v) is 2.61. The topological polar surface area (TPSA) is 59.0 Å². The summed E-state index contributed by atoms with van der Waals surface area (Å²) in [4.78, 5) is 12.0. The molecule has 1 aliphatic heterocycles. The highest BCUT2D eigenvalue weighted by Gasteiger charge is 2.20. The number of hydrogen-bond donors (Lipinski definition) is 2. The van der Waals surface area contributed by atoms with E-state index in [2.05, 4.69) is 40.0 Å². The van der Waals surface area contributed by atoms with Gasteiger partial charge in [0.1, 0.15) is 5.69 Å². The second-order valence-electron chi connectivity index (χ2n) is 5.11. The van der Waals surface area contributed by atoms with E-state index in [0.717, 1.165) is 13.1 Å². The lowest BCUT2D eigenvalue weighted by atomic mass is 9.91. The van der Waals surface area contributed by atoms with Crippen LogP contribution in [0.1, 0.15) is 27.5 Å². The number of carbonyl (C=O) groups excluding carboxylic acids is 1. The first kappa shape index (κ1) is 12.9. The van der Waals surface area contributed by atoms with Crippen LogP contribution >= 0.6 is 0 Å². The molecular weight excluding hydrogens is 252 g/mol. The van der Waals surface area contributed by atoms with Gasteiger partial charge in [0, 0.05) is 38.8 Å². The lowest BCUT2D eigenvalue weighted by Gasteiger charge is -2.26. The van der Waals surface area contributed by atoms with Gasteiger partial charge < -0.3 is 10.6 Å². The Bertz CT molecular complexity index is 620. The largest absolute Gasteiger partial charge is 0.350 e. The number of aromatic nitrogens is 2. The molecule has 2 heterocycles. The first-order valence-corrected chi connectivity index (χ1v) is 6.80. The Morgan fingerprint density at radius 1 is 1.45 bits per heavy atom. The van der Waals surface area contributed by atoms with Crippen molar-refractivity contribution >= 4 is 5.91 Å². The molecule has 5 heteroatoms. The van der Waals surface area contributed by atoms with Gasteiger partial charge in [0.15, 0.2) is 0 Å². The van der Waals surface area contributed by atoms with Crippen LogP contribution in [0.2, 0.25) is 0 Å². The van der Waals surface area contributed by atoms with Crippen molar-refractivity contribution in [3.8, 4) is 0 Å². The van der Waals surface area contributed by atoms with Crippen molar-refractivity contribution in [1.82, 2.24) is 20.4 Å². The van der Waals surface area contributed by atoms with Crippen LogP contribution < -0.4 is 10.6 Å². The monoisotopic (exact) mass is 270 g/mol. The molecule has 3 rings (SSSR count). The van der Waals surface area contributed by atoms with Crippen LogP contribution in [-0.2, 0) is 13.6 Å². The molecule has 0 spiro atoms. The van der Waals surface area contributed by atoms with Gasteiger partial charge in [0.05, 0.1) is 0 Å². The molecule has 1 amide bonds. The van der Waals surface area contributed by atoms with Crippen molar-refractivity contribution in [3.05, 3.63) is 53.3 Å². The molecular formula is C15H18N4O. The molecule has 20 heavy (non-hydrogen) atoms. The molecule has 1 aromatic carbocycles. The van der Waals surface area contributed by atoms with Gasteiger partial charge in [-0.1, -0.05) is 24.3 Å². The first-order chi connectivity index (χ1) is 9.74. The van der Waals surface area contributed by atoms with Gasteiger partial charge >= 0.3 is 0 Å². The van der Waals surface area contributed by atoms with Crippen molar-refractivity contribution in [2.45, 2.75) is 12.5 Å². The van der Waals surface area contributed by atoms with Crippen LogP contribution in [0.3, 0.4) is 0 Å². The van der Waals surface area contributed by atoms with E-state index in [1.54, 1.807) is 24.0 Å². The van der Waals surface area contributed by atoms with Crippen molar-refractivity contribution < 1.29 is 4.79 Å². The van der Waals surface area contributed by atoms with Gasteiger partial charge in [0.25, 0.3) is 5.91 Å². The van der Waals surface area contributed by atoms with E-state index in [1.807, 2.05) is 0 Å². The van der Waals surface area contributed by atoms with E-state index in [4.69, 9.17) is 0 Å². The van der Waals surface area contributed by atoms with Crippen molar-refractivity contribution in [3.63, 3.8) is 0 Å². The Hall–Kier alpha value is -2.14. The summed E-state index contributed by atoms with van der Waals surface area (Å²) in [6.07, 6.45) is 1.77. The van der Waals surface area contributed by atoms with Crippen LogP contribution in [0, 0.1) is 0 Å². The van der Waals surface area contributed by atoms with Gasteiger partial charge in [-0.05, 0) is 17.2 Å². The Kier molecular flexibility index (Phi) is 3.52. The zero-order chi connectivity index (χ0) is 13.9. The standard InChI is InChI=1S/C15H18N4O/c1-19-7-6-14(18-19)15(20)17-10-12-9-16-8-11-4-2-3-5-13(11)12/h2-7,12,16H,8-10H2,1H3,(H,17,20). The molecule has 104 valence electrons. The summed E-state index contributed by atoms with van der Waals surface area (Å²) in [5.74, 6) is 0.196. The normalized spacial score (nSPS) is 17.6. The molecule has 0 saturated heterocycles. The summed E-state index contributed by atoms with van der Waals surface area (Å²) in [6, 6.07) is 10.1. The summed E-state index contributed by atoms with van der Waals surface area (Å²) in [5, 5.41) is 10.5. The third-order valence-corrected chi connectivity index (χ3v) is 3.66. The zero-order valence-corrected chi connectivity index (χ0v) is 11.5. The average Bonchev–Trinajstić information content (AvgIpc) is 2.91. The number of benzene rings is 1. The molecule has 1 aromatic heterocycles. The van der Waals surface area contributed by atoms with Crippen molar-refractivity contribution in [1.29, 1.82) is 0 Å². The molecule has 0 aliphatic carbocycles. The van der Waals surface area contributed by atoms with Crippen molar-refractivity contribution in [2.75, 3.05) is 13.1 Å². The minimum Gasteiger partial charge on any atom is -0.350 e. The number of aryl methyl sites for hydroxylation is 1. The fourth-order valence-electron chi connectivity index (χ4n) is 2.61. The molecule has 5 nitrogen and oxygen atoms in total. The van der Waals surface area contributed by atoms with E-state index < -0.39 is 0 Å². The first-order valence-electron chi connectivity index (χ1n) is 6.80. The highest BCUT2D eigenvalue weighted by Crippen LogP contribution is 2.22. The number of nitrogens with zero attached hydrogens (tertiary/aromatic N) is 2. The van der Waals surface area contributed by atoms with Gasteiger partial charge in [-0.3, -0.25) is 9.48 Å². The molecule has 0 radical (unpaired) electrons. The molecule has 2 N–H and O–H groups in total. The highest BCUT2D eigenvalue weighted by molar-refractivity contribution is 5.92. The van der Waals surface area contributed by atoms with Gasteiger partial charge in [0.2, 0.25) is 0 Å². The second kappa shape index (κ2) is 5.46. The van der Waals surface area contributed by atoms with Crippen LogP contribution in [0.25, 0.3) is 0 Å². The number of carbonyl (C=O) groups is 1. The third-order valence-electron chi connectivity index (χ3n) is 3.66. The predicted molar refractivity (Wildman–Crippen MR) is 76.4 cm³/mol. The van der Waals surface area contributed by atoms with E-state index in [0.29, 0.717) is 18.2 Å². The Balaban J connectivity index is 1.66. The van der Waals surface area contributed by atoms with Crippen LogP contribution in [-0.4, -0.2) is 28.8 Å². The van der Waals surface area contributed by atoms with Crippen LogP contribution in [0.4, 0.5) is 0 Å². The summed E-state index contributed by atoms with van der Waals surface area (Å²) in [7, 11) is 1.80. The molecule has 1 aliphatic rings. The maximum Gasteiger partial charge on any atom is 0.271 e. The fraction of sp³-hybridized carbons (Fsp3) is 0.333. The molecule has 2 aromatic rings. The lowest BCUT2D eigenvalue weighted by molar-refractivity contribution is 0.0945. The third kappa shape index (κ3) is 2.58. The molecule has 0 bridgehead atoms. The lowest BCUT2D eigenvalue weighted by Crippen LogP contribution is -2.36. The molecule has 0 fully saturated rings. The van der Waals surface area contributed by atoms with E-state index >= 15 is 0 Å². The summed E-state index contributed by atoms with van der Waals surface area (Å²) >= 11 is 0. The van der Waals surface area contributed by atoms with E-state index in [-0.39, 0.29) is 5.91 Å². The number of rotatable bonds is 3. The highest BCUT2D eigenvalue weighted by atomic mass is 16.1. The van der Waals surface area contributed by atoms with Crippen LogP contribution in [0.15, 0.2) is 36.5 Å². The van der Waals surface area contributed by atoms with Crippen LogP contribution in [0.5, 0.6) is 0 Å². The Morgan fingerprint density at radius 3 is 3.10 bits per heavy atom. The number of hydrogen-bond acceptors (Lipinski definition) is 3. The van der Waals surface area contributed by atoms with Gasteiger partial charge in [-0.25, -0.2) is 0 Å². The van der Waals surface area contributed by atoms with E-state index in [9.17, 15) is 4.79 Å². The molecule has 0 saturated carbocycles. The summed E-state index contributed by atoms with van der Waals surface area (Å²) < 4.78 is 1.63. The van der Waals surface area contributed by atoms with Gasteiger partial charge in [-0.2, -0.15) is 5.10 Å². The quantitative estimate of drug-likeness (QED) is 0.876. The number of fused-ring (bicyclic) bond motifs is 1. The zero-order valence-electron chi connectivity index (χ0n) is 11.5. The Labute approximate surface area is 118 Å². The predicted octanol–water partition coefficient (Wildman–Crippen LogP) is 1.04.